The van der Waals surface area contributed by atoms with E-state index in [4.69, 9.17) is 0 Å². The zero-order valence-electron chi connectivity index (χ0n) is 10.8. The monoisotopic (exact) mass is 234 g/mol. The van der Waals surface area contributed by atoms with E-state index in [2.05, 4.69) is 16.8 Å². The molecule has 0 aliphatic heterocycles. The molecule has 1 aromatic heterocycles. The second kappa shape index (κ2) is 5.50. The molecule has 0 aromatic carbocycles. The van der Waals surface area contributed by atoms with Crippen LogP contribution in [0, 0.1) is 0 Å². The van der Waals surface area contributed by atoms with Crippen LogP contribution in [0.25, 0.3) is 0 Å². The third-order valence-electron chi connectivity index (χ3n) is 3.65. The molecular weight excluding hydrogens is 212 g/mol. The van der Waals surface area contributed by atoms with Crippen molar-refractivity contribution in [3.05, 3.63) is 23.9 Å². The van der Waals surface area contributed by atoms with Crippen LogP contribution in [0.4, 0.5) is 5.82 Å². The highest BCUT2D eigenvalue weighted by Gasteiger charge is 2.22. The van der Waals surface area contributed by atoms with E-state index in [0.717, 1.165) is 17.9 Å². The Morgan fingerprint density at radius 3 is 2.76 bits per heavy atom. The van der Waals surface area contributed by atoms with Crippen molar-refractivity contribution >= 4 is 5.82 Å². The normalized spacial score (nSPS) is 18.3. The molecule has 1 saturated carbocycles. The van der Waals surface area contributed by atoms with E-state index in [0.29, 0.717) is 6.04 Å². The van der Waals surface area contributed by atoms with Crippen LogP contribution in [0.1, 0.15) is 51.2 Å². The van der Waals surface area contributed by atoms with Gasteiger partial charge in [0.05, 0.1) is 6.10 Å². The van der Waals surface area contributed by atoms with Crippen LogP contribution in [0.3, 0.4) is 0 Å². The van der Waals surface area contributed by atoms with Gasteiger partial charge in [-0.15, -0.1) is 0 Å². The minimum Gasteiger partial charge on any atom is -0.389 e. The Morgan fingerprint density at radius 2 is 2.18 bits per heavy atom. The predicted molar refractivity (Wildman–Crippen MR) is 70.1 cm³/mol. The fourth-order valence-electron chi connectivity index (χ4n) is 2.67. The first kappa shape index (κ1) is 12.4. The van der Waals surface area contributed by atoms with Gasteiger partial charge in [-0.25, -0.2) is 4.98 Å². The second-order valence-electron chi connectivity index (χ2n) is 4.85. The van der Waals surface area contributed by atoms with Gasteiger partial charge >= 0.3 is 0 Å². The molecule has 0 unspecified atom stereocenters. The number of hydrogen-bond acceptors (Lipinski definition) is 3. The standard InChI is InChI=1S/C14H22N2O/c1-3-16(13-6-4-5-7-13)14-10-12(11(2)17)8-9-15-14/h8-11,13,17H,3-7H2,1-2H3/t11-/m1/s1. The number of pyridine rings is 1. The van der Waals surface area contributed by atoms with Crippen LogP contribution >= 0.6 is 0 Å². The van der Waals surface area contributed by atoms with Gasteiger partial charge in [-0.1, -0.05) is 12.8 Å². The highest BCUT2D eigenvalue weighted by atomic mass is 16.3. The van der Waals surface area contributed by atoms with Crippen molar-refractivity contribution in [1.82, 2.24) is 4.98 Å². The van der Waals surface area contributed by atoms with Gasteiger partial charge in [0.2, 0.25) is 0 Å². The van der Waals surface area contributed by atoms with E-state index in [1.54, 1.807) is 13.1 Å². The third-order valence-corrected chi connectivity index (χ3v) is 3.65. The predicted octanol–water partition coefficient (Wildman–Crippen LogP) is 2.90. The lowest BCUT2D eigenvalue weighted by molar-refractivity contribution is 0.199. The molecule has 17 heavy (non-hydrogen) atoms. The number of hydrogen-bond donors (Lipinski definition) is 1. The maximum Gasteiger partial charge on any atom is 0.129 e. The van der Waals surface area contributed by atoms with Gasteiger partial charge in [-0.2, -0.15) is 0 Å². The Bertz CT molecular complexity index is 359. The smallest absolute Gasteiger partial charge is 0.129 e. The Hall–Kier alpha value is -1.09. The SMILES string of the molecule is CCN(c1cc([C@@H](C)O)ccn1)C1CCCC1. The van der Waals surface area contributed by atoms with Crippen molar-refractivity contribution in [1.29, 1.82) is 0 Å². The first-order valence-corrected chi connectivity index (χ1v) is 6.63. The number of nitrogens with zero attached hydrogens (tertiary/aromatic N) is 2. The summed E-state index contributed by atoms with van der Waals surface area (Å²) in [6, 6.07) is 4.54. The van der Waals surface area contributed by atoms with Crippen LogP contribution in [0.5, 0.6) is 0 Å². The minimum atomic E-state index is -0.418. The summed E-state index contributed by atoms with van der Waals surface area (Å²) in [4.78, 5) is 6.83. The fraction of sp³-hybridized carbons (Fsp3) is 0.643. The van der Waals surface area contributed by atoms with Crippen molar-refractivity contribution in [2.45, 2.75) is 51.7 Å². The molecule has 1 N–H and O–H groups in total. The van der Waals surface area contributed by atoms with Crippen molar-refractivity contribution in [3.8, 4) is 0 Å². The van der Waals surface area contributed by atoms with E-state index in [1.807, 2.05) is 12.1 Å². The summed E-state index contributed by atoms with van der Waals surface area (Å²) in [5.74, 6) is 1.01. The first-order valence-electron chi connectivity index (χ1n) is 6.63. The lowest BCUT2D eigenvalue weighted by atomic mass is 10.1. The maximum absolute atomic E-state index is 9.62. The average molecular weight is 234 g/mol. The fourth-order valence-corrected chi connectivity index (χ4v) is 2.67. The van der Waals surface area contributed by atoms with Gasteiger partial charge in [0, 0.05) is 18.8 Å². The van der Waals surface area contributed by atoms with Gasteiger partial charge < -0.3 is 10.0 Å². The summed E-state index contributed by atoms with van der Waals surface area (Å²) >= 11 is 0. The lowest BCUT2D eigenvalue weighted by Crippen LogP contribution is -2.33. The summed E-state index contributed by atoms with van der Waals surface area (Å²) in [6.07, 6.45) is 6.59. The average Bonchev–Trinajstić information content (AvgIpc) is 2.84. The molecule has 1 aliphatic rings. The second-order valence-corrected chi connectivity index (χ2v) is 4.85. The molecule has 1 aromatic rings. The highest BCUT2D eigenvalue weighted by molar-refractivity contribution is 5.42. The Kier molecular flexibility index (Phi) is 4.00. The van der Waals surface area contributed by atoms with Crippen molar-refractivity contribution < 1.29 is 5.11 Å². The third kappa shape index (κ3) is 2.78. The topological polar surface area (TPSA) is 36.4 Å². The first-order chi connectivity index (χ1) is 8.22. The highest BCUT2D eigenvalue weighted by Crippen LogP contribution is 2.28. The molecule has 1 aliphatic carbocycles. The Morgan fingerprint density at radius 1 is 1.47 bits per heavy atom. The van der Waals surface area contributed by atoms with E-state index >= 15 is 0 Å². The number of aromatic nitrogens is 1. The largest absolute Gasteiger partial charge is 0.389 e. The van der Waals surface area contributed by atoms with Gasteiger partial charge in [-0.3, -0.25) is 0 Å². The summed E-state index contributed by atoms with van der Waals surface area (Å²) in [6.45, 7) is 4.96. The lowest BCUT2D eigenvalue weighted by Gasteiger charge is -2.29. The summed E-state index contributed by atoms with van der Waals surface area (Å²) in [5, 5.41) is 9.62. The van der Waals surface area contributed by atoms with E-state index in [9.17, 15) is 5.11 Å². The van der Waals surface area contributed by atoms with Crippen LogP contribution < -0.4 is 4.90 Å². The quantitative estimate of drug-likeness (QED) is 0.870. The van der Waals surface area contributed by atoms with Crippen molar-refractivity contribution in [2.75, 3.05) is 11.4 Å². The van der Waals surface area contributed by atoms with Crippen LogP contribution in [-0.2, 0) is 0 Å². The zero-order valence-corrected chi connectivity index (χ0v) is 10.8. The summed E-state index contributed by atoms with van der Waals surface area (Å²) in [7, 11) is 0. The summed E-state index contributed by atoms with van der Waals surface area (Å²) in [5.41, 5.74) is 0.950. The number of anilines is 1. The van der Waals surface area contributed by atoms with Crippen LogP contribution in [-0.4, -0.2) is 22.7 Å². The zero-order chi connectivity index (χ0) is 12.3. The van der Waals surface area contributed by atoms with Crippen LogP contribution in [0.15, 0.2) is 18.3 Å². The Labute approximate surface area is 103 Å². The van der Waals surface area contributed by atoms with Gasteiger partial charge in [0.25, 0.3) is 0 Å². The maximum atomic E-state index is 9.62. The molecule has 94 valence electrons. The summed E-state index contributed by atoms with van der Waals surface area (Å²) < 4.78 is 0. The molecule has 0 bridgehead atoms. The molecule has 1 heterocycles. The van der Waals surface area contributed by atoms with E-state index < -0.39 is 6.10 Å². The van der Waals surface area contributed by atoms with E-state index in [-0.39, 0.29) is 0 Å². The van der Waals surface area contributed by atoms with E-state index in [1.165, 1.54) is 25.7 Å². The van der Waals surface area contributed by atoms with Gasteiger partial charge in [-0.05, 0) is 44.4 Å². The number of rotatable bonds is 4. The molecular formula is C14H22N2O. The Balaban J connectivity index is 2.20. The molecule has 0 radical (unpaired) electrons. The molecule has 1 atom stereocenters. The van der Waals surface area contributed by atoms with Crippen molar-refractivity contribution in [3.63, 3.8) is 0 Å². The number of aliphatic hydroxyl groups is 1. The van der Waals surface area contributed by atoms with Gasteiger partial charge in [0.1, 0.15) is 5.82 Å². The van der Waals surface area contributed by atoms with Crippen molar-refractivity contribution in [2.24, 2.45) is 0 Å². The molecule has 0 spiro atoms. The van der Waals surface area contributed by atoms with Gasteiger partial charge in [0.15, 0.2) is 0 Å². The molecule has 3 heteroatoms. The molecule has 0 saturated heterocycles. The number of aliphatic hydroxyl groups excluding tert-OH is 1. The molecule has 2 rings (SSSR count). The molecule has 3 nitrogen and oxygen atoms in total. The molecule has 1 fully saturated rings. The van der Waals surface area contributed by atoms with Crippen LogP contribution in [0.2, 0.25) is 0 Å². The molecule has 0 amide bonds. The minimum absolute atomic E-state index is 0.418.